The van der Waals surface area contributed by atoms with Crippen molar-refractivity contribution in [3.8, 4) is 0 Å². The molecule has 0 aliphatic rings. The van der Waals surface area contributed by atoms with Gasteiger partial charge in [0.1, 0.15) is 0 Å². The number of nitrogens with zero attached hydrogens (tertiary/aromatic N) is 1. The Labute approximate surface area is 134 Å². The Morgan fingerprint density at radius 1 is 1.22 bits per heavy atom. The molecule has 0 aliphatic heterocycles. The molecule has 3 nitrogen and oxygen atoms in total. The number of carboxylic acids is 1. The third kappa shape index (κ3) is 4.59. The van der Waals surface area contributed by atoms with Crippen LogP contribution in [-0.4, -0.2) is 16.1 Å². The molecule has 0 atom stereocenters. The Morgan fingerprint density at radius 2 is 1.87 bits per heavy atom. The van der Waals surface area contributed by atoms with Crippen molar-refractivity contribution >= 4 is 23.8 Å². The van der Waals surface area contributed by atoms with E-state index in [9.17, 15) is 18.0 Å². The van der Waals surface area contributed by atoms with Crippen molar-refractivity contribution in [2.45, 2.75) is 22.9 Å². The molecule has 0 amide bonds. The van der Waals surface area contributed by atoms with Crippen molar-refractivity contribution in [1.29, 1.82) is 0 Å². The standard InChI is InChI=1S/C16H12F3NO2S/c1-10(15(21)22)8-11-2-3-14(13(9-11)16(17,18)19)23-12-4-6-20-7-5-12/h2-9H,1H3,(H,21,22)/b10-8+. The first-order chi connectivity index (χ1) is 10.8. The number of aromatic nitrogens is 1. The fraction of sp³-hybridized carbons (Fsp3) is 0.125. The summed E-state index contributed by atoms with van der Waals surface area (Å²) in [6, 6.07) is 7.00. The Hall–Kier alpha value is -2.28. The number of hydrogen-bond donors (Lipinski definition) is 1. The van der Waals surface area contributed by atoms with Crippen LogP contribution in [0.3, 0.4) is 0 Å². The number of pyridine rings is 1. The number of benzene rings is 1. The lowest BCUT2D eigenvalue weighted by Gasteiger charge is -2.13. The molecule has 23 heavy (non-hydrogen) atoms. The summed E-state index contributed by atoms with van der Waals surface area (Å²) in [4.78, 5) is 15.3. The fourth-order valence-electron chi connectivity index (χ4n) is 1.79. The van der Waals surface area contributed by atoms with Gasteiger partial charge in [-0.25, -0.2) is 4.79 Å². The second-order valence-corrected chi connectivity index (χ2v) is 5.79. The van der Waals surface area contributed by atoms with Crippen LogP contribution in [0.4, 0.5) is 13.2 Å². The molecule has 1 heterocycles. The van der Waals surface area contributed by atoms with Crippen molar-refractivity contribution in [3.05, 3.63) is 59.4 Å². The summed E-state index contributed by atoms with van der Waals surface area (Å²) in [7, 11) is 0. The lowest BCUT2D eigenvalue weighted by Crippen LogP contribution is -2.07. The molecule has 0 aliphatic carbocycles. The number of rotatable bonds is 4. The molecule has 7 heteroatoms. The summed E-state index contributed by atoms with van der Waals surface area (Å²) in [5.41, 5.74) is -0.643. The number of aliphatic carboxylic acids is 1. The van der Waals surface area contributed by atoms with E-state index in [1.54, 1.807) is 12.1 Å². The molecular weight excluding hydrogens is 327 g/mol. The van der Waals surface area contributed by atoms with E-state index in [4.69, 9.17) is 5.11 Å². The van der Waals surface area contributed by atoms with Gasteiger partial charge in [-0.15, -0.1) is 0 Å². The molecule has 2 rings (SSSR count). The van der Waals surface area contributed by atoms with Crippen molar-refractivity contribution in [2.24, 2.45) is 0 Å². The smallest absolute Gasteiger partial charge is 0.417 e. The number of carboxylic acid groups (broad SMARTS) is 1. The summed E-state index contributed by atoms with van der Waals surface area (Å²) in [6.07, 6.45) is -0.319. The SMILES string of the molecule is C/C(=C\c1ccc(Sc2ccncc2)c(C(F)(F)F)c1)C(=O)O. The van der Waals surface area contributed by atoms with Crippen LogP contribution in [0, 0.1) is 0 Å². The Bertz CT molecular complexity index is 743. The molecule has 0 unspecified atom stereocenters. The number of carbonyl (C=O) groups is 1. The Balaban J connectivity index is 2.44. The molecule has 120 valence electrons. The zero-order valence-electron chi connectivity index (χ0n) is 12.0. The van der Waals surface area contributed by atoms with Crippen molar-refractivity contribution in [3.63, 3.8) is 0 Å². The number of halogens is 3. The first-order valence-corrected chi connectivity index (χ1v) is 7.30. The van der Waals surface area contributed by atoms with Crippen LogP contribution in [0.2, 0.25) is 0 Å². The van der Waals surface area contributed by atoms with Crippen molar-refractivity contribution in [2.75, 3.05) is 0 Å². The van der Waals surface area contributed by atoms with Gasteiger partial charge in [-0.05, 0) is 42.8 Å². The minimum absolute atomic E-state index is 0.0346. The highest BCUT2D eigenvalue weighted by Crippen LogP contribution is 2.40. The number of alkyl halides is 3. The van der Waals surface area contributed by atoms with Gasteiger partial charge in [0.2, 0.25) is 0 Å². The molecule has 0 bridgehead atoms. The third-order valence-electron chi connectivity index (χ3n) is 2.91. The van der Waals surface area contributed by atoms with Gasteiger partial charge in [-0.3, -0.25) is 4.98 Å². The number of hydrogen-bond acceptors (Lipinski definition) is 3. The zero-order valence-corrected chi connectivity index (χ0v) is 12.8. The third-order valence-corrected chi connectivity index (χ3v) is 3.99. The molecule has 1 aromatic carbocycles. The highest BCUT2D eigenvalue weighted by atomic mass is 32.2. The van der Waals surface area contributed by atoms with Crippen LogP contribution in [-0.2, 0) is 11.0 Å². The molecule has 1 aromatic heterocycles. The van der Waals surface area contributed by atoms with Gasteiger partial charge in [0.25, 0.3) is 0 Å². The average molecular weight is 339 g/mol. The Morgan fingerprint density at radius 3 is 2.43 bits per heavy atom. The van der Waals surface area contributed by atoms with E-state index in [1.807, 2.05) is 0 Å². The minimum Gasteiger partial charge on any atom is -0.478 e. The molecule has 0 fully saturated rings. The summed E-state index contributed by atoms with van der Waals surface area (Å²) in [5, 5.41) is 8.82. The predicted octanol–water partition coefficient (Wildman–Crippen LogP) is 4.74. The van der Waals surface area contributed by atoms with Crippen LogP contribution in [0.25, 0.3) is 6.08 Å². The minimum atomic E-state index is -4.53. The van der Waals surface area contributed by atoms with E-state index in [1.165, 1.54) is 37.5 Å². The van der Waals surface area contributed by atoms with E-state index in [-0.39, 0.29) is 16.0 Å². The highest BCUT2D eigenvalue weighted by Gasteiger charge is 2.33. The first kappa shape index (κ1) is 17.1. The maximum Gasteiger partial charge on any atom is 0.417 e. The Kier molecular flexibility index (Phi) is 5.10. The van der Waals surface area contributed by atoms with Crippen LogP contribution in [0.15, 0.2) is 58.1 Å². The molecule has 2 aromatic rings. The average Bonchev–Trinajstić information content (AvgIpc) is 2.48. The van der Waals surface area contributed by atoms with E-state index in [0.717, 1.165) is 17.8 Å². The van der Waals surface area contributed by atoms with Gasteiger partial charge >= 0.3 is 12.1 Å². The van der Waals surface area contributed by atoms with E-state index < -0.39 is 17.7 Å². The van der Waals surface area contributed by atoms with Gasteiger partial charge in [-0.1, -0.05) is 17.8 Å². The largest absolute Gasteiger partial charge is 0.478 e. The maximum absolute atomic E-state index is 13.3. The predicted molar refractivity (Wildman–Crippen MR) is 81.1 cm³/mol. The van der Waals surface area contributed by atoms with Crippen LogP contribution >= 0.6 is 11.8 Å². The topological polar surface area (TPSA) is 50.2 Å². The van der Waals surface area contributed by atoms with Gasteiger partial charge in [-0.2, -0.15) is 13.2 Å². The van der Waals surface area contributed by atoms with E-state index >= 15 is 0 Å². The van der Waals surface area contributed by atoms with Gasteiger partial charge < -0.3 is 5.11 Å². The summed E-state index contributed by atoms with van der Waals surface area (Å²) in [5.74, 6) is -1.17. The summed E-state index contributed by atoms with van der Waals surface area (Å²) in [6.45, 7) is 1.33. The second kappa shape index (κ2) is 6.87. The fourth-order valence-corrected chi connectivity index (χ4v) is 2.73. The monoisotopic (exact) mass is 339 g/mol. The van der Waals surface area contributed by atoms with E-state index in [0.29, 0.717) is 4.90 Å². The van der Waals surface area contributed by atoms with Crippen LogP contribution < -0.4 is 0 Å². The lowest BCUT2D eigenvalue weighted by molar-refractivity contribution is -0.139. The van der Waals surface area contributed by atoms with Crippen LogP contribution in [0.5, 0.6) is 0 Å². The lowest BCUT2D eigenvalue weighted by atomic mass is 10.1. The highest BCUT2D eigenvalue weighted by molar-refractivity contribution is 7.99. The van der Waals surface area contributed by atoms with Crippen molar-refractivity contribution < 1.29 is 23.1 Å². The molecule has 0 saturated carbocycles. The van der Waals surface area contributed by atoms with E-state index in [2.05, 4.69) is 4.98 Å². The second-order valence-electron chi connectivity index (χ2n) is 4.67. The molecule has 1 N–H and O–H groups in total. The molecule has 0 radical (unpaired) electrons. The van der Waals surface area contributed by atoms with Crippen molar-refractivity contribution in [1.82, 2.24) is 4.98 Å². The van der Waals surface area contributed by atoms with Gasteiger partial charge in [0, 0.05) is 27.8 Å². The van der Waals surface area contributed by atoms with Crippen LogP contribution in [0.1, 0.15) is 18.1 Å². The summed E-state index contributed by atoms with van der Waals surface area (Å²) < 4.78 is 39.8. The summed E-state index contributed by atoms with van der Waals surface area (Å²) >= 11 is 0.978. The molecular formula is C16H12F3NO2S. The van der Waals surface area contributed by atoms with Gasteiger partial charge in [0.15, 0.2) is 0 Å². The normalized spacial score (nSPS) is 12.3. The molecule has 0 saturated heterocycles. The first-order valence-electron chi connectivity index (χ1n) is 6.48. The quantitative estimate of drug-likeness (QED) is 0.818. The molecule has 0 spiro atoms. The zero-order chi connectivity index (χ0) is 17.0. The van der Waals surface area contributed by atoms with Gasteiger partial charge in [0.05, 0.1) is 5.56 Å². The maximum atomic E-state index is 13.3.